The fraction of sp³-hybridized carbons (Fsp3) is 0.240. The molecule has 2 heterocycles. The Morgan fingerprint density at radius 1 is 1.00 bits per heavy atom. The van der Waals surface area contributed by atoms with E-state index in [0.29, 0.717) is 13.0 Å². The largest absolute Gasteiger partial charge is 0.493 e. The van der Waals surface area contributed by atoms with E-state index in [-0.39, 0.29) is 6.79 Å². The lowest BCUT2D eigenvalue weighted by molar-refractivity contribution is 0.174. The van der Waals surface area contributed by atoms with E-state index in [0.717, 1.165) is 62.8 Å². The zero-order valence-electron chi connectivity index (χ0n) is 17.2. The number of benzene rings is 3. The zero-order chi connectivity index (χ0) is 21.2. The minimum Gasteiger partial charge on any atom is -0.493 e. The molecule has 0 saturated heterocycles. The standard InChI is InChI=1S/C25H22BrNO4/c1-28-22-10-17-7-8-27-21(9-18-11-23-25(13-20(18)26)31-15-30-23)19(17)12-24(22)29-14-16-5-3-2-4-6-16/h2-6,10-13H,7-9,14-15H2,1H3. The first-order chi connectivity index (χ1) is 15.2. The van der Waals surface area contributed by atoms with Gasteiger partial charge in [0.25, 0.3) is 0 Å². The highest BCUT2D eigenvalue weighted by Crippen LogP contribution is 2.38. The molecule has 0 fully saturated rings. The van der Waals surface area contributed by atoms with Crippen LogP contribution in [0.2, 0.25) is 0 Å². The lowest BCUT2D eigenvalue weighted by Gasteiger charge is -2.21. The van der Waals surface area contributed by atoms with Crippen molar-refractivity contribution in [3.8, 4) is 23.0 Å². The maximum absolute atomic E-state index is 6.14. The Kier molecular flexibility index (Phi) is 5.55. The average Bonchev–Trinajstić information content (AvgIpc) is 3.25. The Bertz CT molecular complexity index is 1140. The van der Waals surface area contributed by atoms with Gasteiger partial charge in [-0.2, -0.15) is 0 Å². The third kappa shape index (κ3) is 4.12. The molecule has 5 rings (SSSR count). The van der Waals surface area contributed by atoms with Crippen LogP contribution in [0.15, 0.2) is 64.1 Å². The van der Waals surface area contributed by atoms with Crippen LogP contribution in [0.4, 0.5) is 0 Å². The second-order valence-corrected chi connectivity index (χ2v) is 8.34. The first-order valence-electron chi connectivity index (χ1n) is 10.2. The fourth-order valence-corrected chi connectivity index (χ4v) is 4.37. The molecule has 0 spiro atoms. The maximum atomic E-state index is 6.14. The molecule has 0 radical (unpaired) electrons. The van der Waals surface area contributed by atoms with Gasteiger partial charge in [-0.05, 0) is 47.4 Å². The summed E-state index contributed by atoms with van der Waals surface area (Å²) in [6.45, 7) is 1.50. The molecule has 0 amide bonds. The summed E-state index contributed by atoms with van der Waals surface area (Å²) in [6, 6.07) is 18.3. The van der Waals surface area contributed by atoms with E-state index >= 15 is 0 Å². The third-order valence-electron chi connectivity index (χ3n) is 5.52. The molecule has 0 unspecified atom stereocenters. The highest BCUT2D eigenvalue weighted by Gasteiger charge is 2.22. The number of halogens is 1. The molecule has 3 aromatic carbocycles. The quantitative estimate of drug-likeness (QED) is 0.477. The number of fused-ring (bicyclic) bond motifs is 2. The Morgan fingerprint density at radius 2 is 1.81 bits per heavy atom. The molecule has 0 aliphatic carbocycles. The van der Waals surface area contributed by atoms with Gasteiger partial charge in [-0.3, -0.25) is 4.99 Å². The summed E-state index contributed by atoms with van der Waals surface area (Å²) in [5, 5.41) is 0. The molecule has 0 bridgehead atoms. The molecule has 0 atom stereocenters. The molecule has 158 valence electrons. The summed E-state index contributed by atoms with van der Waals surface area (Å²) in [5.74, 6) is 3.02. The van der Waals surface area contributed by atoms with E-state index in [1.165, 1.54) is 5.56 Å². The van der Waals surface area contributed by atoms with E-state index < -0.39 is 0 Å². The molecular formula is C25H22BrNO4. The Morgan fingerprint density at radius 3 is 2.61 bits per heavy atom. The monoisotopic (exact) mass is 479 g/mol. The lowest BCUT2D eigenvalue weighted by atomic mass is 9.93. The SMILES string of the molecule is COc1cc2c(cc1OCc1ccccc1)C(Cc1cc3c(cc1Br)OCO3)=NCC2. The van der Waals surface area contributed by atoms with Crippen LogP contribution < -0.4 is 18.9 Å². The van der Waals surface area contributed by atoms with Crippen molar-refractivity contribution >= 4 is 21.6 Å². The number of hydrogen-bond donors (Lipinski definition) is 0. The molecule has 0 N–H and O–H groups in total. The van der Waals surface area contributed by atoms with Gasteiger partial charge < -0.3 is 18.9 Å². The molecule has 6 heteroatoms. The summed E-state index contributed by atoms with van der Waals surface area (Å²) in [7, 11) is 1.68. The molecule has 2 aliphatic heterocycles. The second-order valence-electron chi connectivity index (χ2n) is 7.49. The van der Waals surface area contributed by atoms with Crippen LogP contribution in [0.25, 0.3) is 0 Å². The van der Waals surface area contributed by atoms with Gasteiger partial charge in [-0.15, -0.1) is 0 Å². The van der Waals surface area contributed by atoms with Crippen LogP contribution in [0, 0.1) is 0 Å². The minimum absolute atomic E-state index is 0.261. The molecule has 0 aromatic heterocycles. The molecule has 5 nitrogen and oxygen atoms in total. The van der Waals surface area contributed by atoms with E-state index in [2.05, 4.69) is 40.2 Å². The van der Waals surface area contributed by atoms with Gasteiger partial charge in [0.15, 0.2) is 23.0 Å². The summed E-state index contributed by atoms with van der Waals surface area (Å²) in [6.07, 6.45) is 1.57. The van der Waals surface area contributed by atoms with Crippen LogP contribution in [0.3, 0.4) is 0 Å². The van der Waals surface area contributed by atoms with Gasteiger partial charge in [0, 0.05) is 28.7 Å². The highest BCUT2D eigenvalue weighted by molar-refractivity contribution is 9.10. The Hall–Kier alpha value is -2.99. The summed E-state index contributed by atoms with van der Waals surface area (Å²) in [4.78, 5) is 4.84. The lowest BCUT2D eigenvalue weighted by Crippen LogP contribution is -2.16. The Labute approximate surface area is 189 Å². The molecule has 31 heavy (non-hydrogen) atoms. The van der Waals surface area contributed by atoms with Crippen LogP contribution in [-0.2, 0) is 19.4 Å². The van der Waals surface area contributed by atoms with Crippen molar-refractivity contribution in [2.75, 3.05) is 20.4 Å². The van der Waals surface area contributed by atoms with Crippen molar-refractivity contribution in [2.45, 2.75) is 19.4 Å². The summed E-state index contributed by atoms with van der Waals surface area (Å²) >= 11 is 3.67. The molecule has 0 saturated carbocycles. The van der Waals surface area contributed by atoms with Gasteiger partial charge in [0.05, 0.1) is 7.11 Å². The number of ether oxygens (including phenoxy) is 4. The molecular weight excluding hydrogens is 458 g/mol. The van der Waals surface area contributed by atoms with E-state index in [1.807, 2.05) is 30.3 Å². The predicted molar refractivity (Wildman–Crippen MR) is 123 cm³/mol. The normalized spacial score (nSPS) is 14.1. The topological polar surface area (TPSA) is 49.3 Å². The minimum atomic E-state index is 0.261. The van der Waals surface area contributed by atoms with Crippen molar-refractivity contribution < 1.29 is 18.9 Å². The maximum Gasteiger partial charge on any atom is 0.231 e. The second kappa shape index (κ2) is 8.63. The third-order valence-corrected chi connectivity index (χ3v) is 6.26. The average molecular weight is 480 g/mol. The van der Waals surface area contributed by atoms with Crippen LogP contribution >= 0.6 is 15.9 Å². The van der Waals surface area contributed by atoms with Crippen LogP contribution in [0.5, 0.6) is 23.0 Å². The number of hydrogen-bond acceptors (Lipinski definition) is 5. The summed E-state index contributed by atoms with van der Waals surface area (Å²) < 4.78 is 23.8. The first-order valence-corrected chi connectivity index (χ1v) is 11.0. The van der Waals surface area contributed by atoms with E-state index in [9.17, 15) is 0 Å². The number of rotatable bonds is 6. The predicted octanol–water partition coefficient (Wildman–Crippen LogP) is 5.35. The van der Waals surface area contributed by atoms with Gasteiger partial charge >= 0.3 is 0 Å². The van der Waals surface area contributed by atoms with Crippen molar-refractivity contribution in [2.24, 2.45) is 4.99 Å². The summed E-state index contributed by atoms with van der Waals surface area (Å²) in [5.41, 5.74) is 5.59. The van der Waals surface area contributed by atoms with Crippen LogP contribution in [0.1, 0.15) is 22.3 Å². The number of aliphatic imine (C=N–C) groups is 1. The van der Waals surface area contributed by atoms with Gasteiger partial charge in [0.2, 0.25) is 6.79 Å². The van der Waals surface area contributed by atoms with E-state index in [1.54, 1.807) is 7.11 Å². The van der Waals surface area contributed by atoms with Crippen molar-refractivity contribution in [1.29, 1.82) is 0 Å². The number of methoxy groups -OCH3 is 1. The van der Waals surface area contributed by atoms with Crippen molar-refractivity contribution in [3.63, 3.8) is 0 Å². The zero-order valence-corrected chi connectivity index (χ0v) is 18.8. The van der Waals surface area contributed by atoms with Gasteiger partial charge in [-0.1, -0.05) is 46.3 Å². The first kappa shape index (κ1) is 19.9. The Balaban J connectivity index is 1.44. The van der Waals surface area contributed by atoms with Gasteiger partial charge in [0.1, 0.15) is 6.61 Å². The molecule has 2 aliphatic rings. The highest BCUT2D eigenvalue weighted by atomic mass is 79.9. The van der Waals surface area contributed by atoms with Crippen molar-refractivity contribution in [1.82, 2.24) is 0 Å². The molecule has 3 aromatic rings. The van der Waals surface area contributed by atoms with Crippen LogP contribution in [-0.4, -0.2) is 26.2 Å². The van der Waals surface area contributed by atoms with Gasteiger partial charge in [-0.25, -0.2) is 0 Å². The smallest absolute Gasteiger partial charge is 0.231 e. The van der Waals surface area contributed by atoms with E-state index in [4.69, 9.17) is 23.9 Å². The number of nitrogens with zero attached hydrogens (tertiary/aromatic N) is 1. The van der Waals surface area contributed by atoms with Crippen molar-refractivity contribution in [3.05, 3.63) is 81.3 Å². The fourth-order valence-electron chi connectivity index (χ4n) is 3.91.